The van der Waals surface area contributed by atoms with E-state index in [1.54, 1.807) is 6.92 Å². The van der Waals surface area contributed by atoms with Gasteiger partial charge >= 0.3 is 5.97 Å². The fraction of sp³-hybridized carbons (Fsp3) is 0.833. The third-order valence-electron chi connectivity index (χ3n) is 1.26. The molecule has 0 aromatic heterocycles. The number of hydrogen-bond acceptors (Lipinski definition) is 2. The van der Waals surface area contributed by atoms with E-state index in [-0.39, 0.29) is 12.8 Å². The van der Waals surface area contributed by atoms with Gasteiger partial charge in [0.05, 0.1) is 0 Å². The van der Waals surface area contributed by atoms with Crippen molar-refractivity contribution < 1.29 is 15.0 Å². The van der Waals surface area contributed by atoms with E-state index < -0.39 is 11.0 Å². The Balaban J connectivity index is 3.56. The monoisotopic (exact) mass is 166 g/mol. The average molecular weight is 167 g/mol. The SMILES string of the molecule is CC[C@@](O)(Cl)CCC(=O)O. The fourth-order valence-corrected chi connectivity index (χ4v) is 0.570. The molecule has 1 atom stereocenters. The summed E-state index contributed by atoms with van der Waals surface area (Å²) in [5.41, 5.74) is 0. The third-order valence-corrected chi connectivity index (χ3v) is 1.72. The van der Waals surface area contributed by atoms with E-state index in [2.05, 4.69) is 0 Å². The molecule has 0 bridgehead atoms. The Morgan fingerprint density at radius 2 is 2.20 bits per heavy atom. The average Bonchev–Trinajstić information content (AvgIpc) is 1.85. The van der Waals surface area contributed by atoms with E-state index in [1.165, 1.54) is 0 Å². The summed E-state index contributed by atoms with van der Waals surface area (Å²) in [6, 6.07) is 0. The standard InChI is InChI=1S/C6H11ClO3/c1-2-6(7,10)4-3-5(8)9/h10H,2-4H2,1H3,(H,8,9)/t6-/m0/s1. The molecule has 0 aliphatic heterocycles. The van der Waals surface area contributed by atoms with E-state index in [0.717, 1.165) is 0 Å². The van der Waals surface area contributed by atoms with Crippen LogP contribution in [0.2, 0.25) is 0 Å². The van der Waals surface area contributed by atoms with Gasteiger partial charge in [0.2, 0.25) is 0 Å². The van der Waals surface area contributed by atoms with E-state index in [9.17, 15) is 4.79 Å². The Morgan fingerprint density at radius 3 is 2.50 bits per heavy atom. The summed E-state index contributed by atoms with van der Waals surface area (Å²) in [5, 5.41) is 15.9. The summed E-state index contributed by atoms with van der Waals surface area (Å²) in [6.45, 7) is 1.70. The summed E-state index contributed by atoms with van der Waals surface area (Å²) in [4.78, 5) is 9.99. The van der Waals surface area contributed by atoms with Crippen LogP contribution >= 0.6 is 11.6 Å². The van der Waals surface area contributed by atoms with Crippen LogP contribution in [0.25, 0.3) is 0 Å². The van der Waals surface area contributed by atoms with Crippen LogP contribution in [-0.2, 0) is 4.79 Å². The Hall–Kier alpha value is -0.280. The number of halogens is 1. The summed E-state index contributed by atoms with van der Waals surface area (Å²) >= 11 is 5.46. The fourth-order valence-electron chi connectivity index (χ4n) is 0.475. The molecule has 0 amide bonds. The van der Waals surface area contributed by atoms with Gasteiger partial charge in [0.25, 0.3) is 0 Å². The van der Waals surface area contributed by atoms with Crippen LogP contribution in [0.3, 0.4) is 0 Å². The van der Waals surface area contributed by atoms with Gasteiger partial charge in [-0.25, -0.2) is 0 Å². The molecule has 0 fully saturated rings. The van der Waals surface area contributed by atoms with Gasteiger partial charge in [-0.05, 0) is 6.42 Å². The molecular weight excluding hydrogens is 156 g/mol. The van der Waals surface area contributed by atoms with E-state index in [4.69, 9.17) is 21.8 Å². The lowest BCUT2D eigenvalue weighted by atomic mass is 10.1. The molecular formula is C6H11ClO3. The van der Waals surface area contributed by atoms with Crippen molar-refractivity contribution in [3.05, 3.63) is 0 Å². The highest BCUT2D eigenvalue weighted by molar-refractivity contribution is 6.22. The number of alkyl halides is 1. The second-order valence-corrected chi connectivity index (χ2v) is 2.87. The van der Waals surface area contributed by atoms with E-state index >= 15 is 0 Å². The Kier molecular flexibility index (Phi) is 3.68. The number of carboxylic acids is 1. The smallest absolute Gasteiger partial charge is 0.303 e. The Bertz CT molecular complexity index is 122. The van der Waals surface area contributed by atoms with Crippen molar-refractivity contribution in [1.82, 2.24) is 0 Å². The first-order chi connectivity index (χ1) is 4.48. The van der Waals surface area contributed by atoms with E-state index in [0.29, 0.717) is 6.42 Å². The molecule has 0 radical (unpaired) electrons. The van der Waals surface area contributed by atoms with Crippen LogP contribution in [0.5, 0.6) is 0 Å². The molecule has 2 N–H and O–H groups in total. The number of carbonyl (C=O) groups is 1. The molecule has 4 heteroatoms. The molecule has 0 spiro atoms. The molecule has 10 heavy (non-hydrogen) atoms. The van der Waals surface area contributed by atoms with Crippen LogP contribution in [-0.4, -0.2) is 21.2 Å². The lowest BCUT2D eigenvalue weighted by Gasteiger charge is -2.16. The van der Waals surface area contributed by atoms with Gasteiger partial charge in [0, 0.05) is 12.8 Å². The second-order valence-electron chi connectivity index (χ2n) is 2.17. The minimum Gasteiger partial charge on any atom is -0.481 e. The second kappa shape index (κ2) is 3.78. The largest absolute Gasteiger partial charge is 0.481 e. The minimum atomic E-state index is -1.33. The minimum absolute atomic E-state index is 0.0894. The summed E-state index contributed by atoms with van der Waals surface area (Å²) in [5.74, 6) is -0.937. The lowest BCUT2D eigenvalue weighted by Crippen LogP contribution is -2.20. The molecule has 3 nitrogen and oxygen atoms in total. The zero-order valence-electron chi connectivity index (χ0n) is 5.80. The first kappa shape index (κ1) is 9.72. The first-order valence-corrected chi connectivity index (χ1v) is 3.49. The van der Waals surface area contributed by atoms with Gasteiger partial charge < -0.3 is 10.2 Å². The molecule has 0 aliphatic rings. The highest BCUT2D eigenvalue weighted by Crippen LogP contribution is 2.21. The van der Waals surface area contributed by atoms with Crippen molar-refractivity contribution in [2.45, 2.75) is 31.2 Å². The lowest BCUT2D eigenvalue weighted by molar-refractivity contribution is -0.137. The van der Waals surface area contributed by atoms with Gasteiger partial charge in [0.15, 0.2) is 0 Å². The first-order valence-electron chi connectivity index (χ1n) is 3.11. The van der Waals surface area contributed by atoms with Crippen molar-refractivity contribution in [2.24, 2.45) is 0 Å². The Labute approximate surface area is 64.6 Å². The number of aliphatic hydroxyl groups is 1. The van der Waals surface area contributed by atoms with Gasteiger partial charge in [-0.2, -0.15) is 0 Å². The number of carboxylic acid groups (broad SMARTS) is 1. The highest BCUT2D eigenvalue weighted by Gasteiger charge is 2.21. The number of hydrogen-bond donors (Lipinski definition) is 2. The predicted octanol–water partition coefficient (Wildman–Crippen LogP) is 1.19. The quantitative estimate of drug-likeness (QED) is 0.617. The normalized spacial score (nSPS) is 16.3. The Morgan fingerprint density at radius 1 is 1.70 bits per heavy atom. The summed E-state index contributed by atoms with van der Waals surface area (Å²) < 4.78 is 0. The van der Waals surface area contributed by atoms with Crippen LogP contribution in [0.4, 0.5) is 0 Å². The van der Waals surface area contributed by atoms with Crippen molar-refractivity contribution in [1.29, 1.82) is 0 Å². The molecule has 0 aromatic rings. The molecule has 60 valence electrons. The molecule has 0 unspecified atom stereocenters. The van der Waals surface area contributed by atoms with Crippen LogP contribution in [0.15, 0.2) is 0 Å². The van der Waals surface area contributed by atoms with Crippen molar-refractivity contribution >= 4 is 17.6 Å². The summed E-state index contributed by atoms with van der Waals surface area (Å²) in [6.07, 6.45) is 0.371. The zero-order chi connectivity index (χ0) is 8.20. The van der Waals surface area contributed by atoms with Crippen LogP contribution in [0, 0.1) is 0 Å². The van der Waals surface area contributed by atoms with Gasteiger partial charge in [-0.15, -0.1) is 0 Å². The van der Waals surface area contributed by atoms with Gasteiger partial charge in [-0.3, -0.25) is 4.79 Å². The maximum Gasteiger partial charge on any atom is 0.303 e. The van der Waals surface area contributed by atoms with Crippen LogP contribution < -0.4 is 0 Å². The molecule has 0 aromatic carbocycles. The predicted molar refractivity (Wildman–Crippen MR) is 38.0 cm³/mol. The number of rotatable bonds is 4. The summed E-state index contributed by atoms with van der Waals surface area (Å²) in [7, 11) is 0. The van der Waals surface area contributed by atoms with Crippen LogP contribution in [0.1, 0.15) is 26.2 Å². The number of aliphatic carboxylic acids is 1. The van der Waals surface area contributed by atoms with Crippen molar-refractivity contribution in [2.75, 3.05) is 0 Å². The van der Waals surface area contributed by atoms with Crippen molar-refractivity contribution in [3.63, 3.8) is 0 Å². The molecule has 0 rings (SSSR count). The topological polar surface area (TPSA) is 57.5 Å². The highest BCUT2D eigenvalue weighted by atomic mass is 35.5. The van der Waals surface area contributed by atoms with Crippen molar-refractivity contribution in [3.8, 4) is 0 Å². The molecule has 0 saturated carbocycles. The molecule has 0 heterocycles. The molecule has 0 saturated heterocycles. The zero-order valence-corrected chi connectivity index (χ0v) is 6.56. The van der Waals surface area contributed by atoms with Gasteiger partial charge in [0.1, 0.15) is 5.06 Å². The maximum absolute atomic E-state index is 9.99. The van der Waals surface area contributed by atoms with E-state index in [1.807, 2.05) is 0 Å². The maximum atomic E-state index is 9.99. The third kappa shape index (κ3) is 4.58. The molecule has 0 aliphatic carbocycles. The van der Waals surface area contributed by atoms with Gasteiger partial charge in [-0.1, -0.05) is 18.5 Å².